The quantitative estimate of drug-likeness (QED) is 0.875. The second-order valence-corrected chi connectivity index (χ2v) is 8.60. The highest BCUT2D eigenvalue weighted by Gasteiger charge is 2.41. The van der Waals surface area contributed by atoms with E-state index in [9.17, 15) is 4.79 Å². The monoisotopic (exact) mass is 379 g/mol. The molecule has 1 amide bonds. The van der Waals surface area contributed by atoms with Crippen LogP contribution < -0.4 is 5.32 Å². The van der Waals surface area contributed by atoms with Crippen LogP contribution >= 0.6 is 12.4 Å². The molecule has 0 spiro atoms. The van der Waals surface area contributed by atoms with E-state index in [4.69, 9.17) is 0 Å². The van der Waals surface area contributed by atoms with E-state index in [0.717, 1.165) is 75.5 Å². The van der Waals surface area contributed by atoms with Gasteiger partial charge in [0.05, 0.1) is 6.54 Å². The topological polar surface area (TPSA) is 63.1 Å². The van der Waals surface area contributed by atoms with Crippen LogP contribution in [0.4, 0.5) is 0 Å². The molecule has 1 N–H and O–H groups in total. The van der Waals surface area contributed by atoms with Gasteiger partial charge in [-0.2, -0.15) is 0 Å². The maximum Gasteiger partial charge on any atom is 0.222 e. The number of rotatable bonds is 3. The van der Waals surface area contributed by atoms with Crippen molar-refractivity contribution in [1.82, 2.24) is 25.0 Å². The van der Waals surface area contributed by atoms with Crippen molar-refractivity contribution >= 4 is 18.3 Å². The first-order valence-electron chi connectivity index (χ1n) is 10.2. The number of aromatic nitrogens is 3. The molecule has 3 fully saturated rings. The van der Waals surface area contributed by atoms with Crippen molar-refractivity contribution in [3.8, 4) is 0 Å². The van der Waals surface area contributed by atoms with Crippen molar-refractivity contribution in [3.63, 3.8) is 0 Å². The largest absolute Gasteiger partial charge is 0.343 e. The molecule has 6 nitrogen and oxygen atoms in total. The fraction of sp³-hybridized carbons (Fsp3) is 0.842. The average molecular weight is 380 g/mol. The van der Waals surface area contributed by atoms with Crippen LogP contribution in [-0.2, 0) is 17.9 Å². The van der Waals surface area contributed by atoms with Crippen LogP contribution in [0.15, 0.2) is 0 Å². The number of amides is 1. The lowest BCUT2D eigenvalue weighted by atomic mass is 9.85. The van der Waals surface area contributed by atoms with E-state index in [2.05, 4.69) is 25.0 Å². The van der Waals surface area contributed by atoms with Crippen LogP contribution in [-0.4, -0.2) is 45.2 Å². The molecule has 2 bridgehead atoms. The van der Waals surface area contributed by atoms with Crippen molar-refractivity contribution in [1.29, 1.82) is 0 Å². The van der Waals surface area contributed by atoms with Gasteiger partial charge in [0, 0.05) is 38.5 Å². The summed E-state index contributed by atoms with van der Waals surface area (Å²) in [6.45, 7) is 4.59. The molecule has 5 rings (SSSR count). The molecule has 4 aliphatic rings. The number of carbonyl (C=O) groups excluding carboxylic acids is 1. The molecular weight excluding hydrogens is 350 g/mol. The predicted molar refractivity (Wildman–Crippen MR) is 101 cm³/mol. The summed E-state index contributed by atoms with van der Waals surface area (Å²) in [6, 6.07) is 0. The van der Waals surface area contributed by atoms with Crippen molar-refractivity contribution in [2.24, 2.45) is 17.8 Å². The lowest BCUT2D eigenvalue weighted by molar-refractivity contribution is -0.133. The minimum atomic E-state index is 0. The van der Waals surface area contributed by atoms with Crippen LogP contribution in [0.3, 0.4) is 0 Å². The lowest BCUT2D eigenvalue weighted by Gasteiger charge is -2.33. The second kappa shape index (κ2) is 7.47. The number of hydrogen-bond donors (Lipinski definition) is 1. The van der Waals surface area contributed by atoms with Gasteiger partial charge in [0.1, 0.15) is 11.6 Å². The summed E-state index contributed by atoms with van der Waals surface area (Å²) in [5.41, 5.74) is 0. The molecule has 26 heavy (non-hydrogen) atoms. The standard InChI is InChI=1S/C19H29N5O.ClH/c25-18(11-16-10-13-1-2-15(16)9-13)23-6-3-14(4-7-23)19-22-21-17-12-20-5-8-24(17)19;/h13-16,20H,1-12H2;1H. The minimum absolute atomic E-state index is 0. The number of nitrogens with one attached hydrogen (secondary N) is 1. The maximum absolute atomic E-state index is 12.7. The summed E-state index contributed by atoms with van der Waals surface area (Å²) in [5.74, 6) is 5.55. The van der Waals surface area contributed by atoms with E-state index in [1.807, 2.05) is 0 Å². The van der Waals surface area contributed by atoms with Crippen LogP contribution in [0.25, 0.3) is 0 Å². The van der Waals surface area contributed by atoms with Gasteiger partial charge in [0.2, 0.25) is 5.91 Å². The average Bonchev–Trinajstić information content (AvgIpc) is 3.37. The zero-order chi connectivity index (χ0) is 16.8. The highest BCUT2D eigenvalue weighted by Crippen LogP contribution is 2.49. The Morgan fingerprint density at radius 2 is 1.92 bits per heavy atom. The van der Waals surface area contributed by atoms with Gasteiger partial charge in [-0.3, -0.25) is 4.79 Å². The molecule has 2 saturated carbocycles. The molecule has 3 unspecified atom stereocenters. The molecule has 1 aromatic heterocycles. The summed E-state index contributed by atoms with van der Waals surface area (Å²) in [5, 5.41) is 12.2. The Bertz CT molecular complexity index is 654. The molecule has 1 saturated heterocycles. The van der Waals surface area contributed by atoms with E-state index in [1.54, 1.807) is 0 Å². The molecule has 3 atom stereocenters. The van der Waals surface area contributed by atoms with Gasteiger partial charge in [-0.05, 0) is 49.9 Å². The SMILES string of the molecule is Cl.O=C(CC1CC2CCC1C2)N1CCC(c2nnc3n2CCNC3)CC1. The van der Waals surface area contributed by atoms with Crippen LogP contribution in [0.2, 0.25) is 0 Å². The highest BCUT2D eigenvalue weighted by atomic mass is 35.5. The Labute approximate surface area is 161 Å². The second-order valence-electron chi connectivity index (χ2n) is 8.60. The molecule has 2 aliphatic heterocycles. The third-order valence-corrected chi connectivity index (χ3v) is 7.19. The number of hydrogen-bond acceptors (Lipinski definition) is 4. The molecule has 2 aliphatic carbocycles. The number of likely N-dealkylation sites (tertiary alicyclic amines) is 1. The molecule has 0 radical (unpaired) electrons. The number of halogens is 1. The van der Waals surface area contributed by atoms with Crippen molar-refractivity contribution in [2.75, 3.05) is 19.6 Å². The Kier molecular flexibility index (Phi) is 5.24. The van der Waals surface area contributed by atoms with Crippen molar-refractivity contribution in [2.45, 2.75) is 64.0 Å². The predicted octanol–water partition coefficient (Wildman–Crippen LogP) is 2.34. The van der Waals surface area contributed by atoms with Gasteiger partial charge in [-0.15, -0.1) is 22.6 Å². The third-order valence-electron chi connectivity index (χ3n) is 7.19. The Hall–Kier alpha value is -1.14. The Morgan fingerprint density at radius 3 is 2.65 bits per heavy atom. The molecular formula is C19H30ClN5O. The Morgan fingerprint density at radius 1 is 1.08 bits per heavy atom. The van der Waals surface area contributed by atoms with Gasteiger partial charge in [-0.1, -0.05) is 6.42 Å². The van der Waals surface area contributed by atoms with Crippen molar-refractivity contribution < 1.29 is 4.79 Å². The number of carbonyl (C=O) groups is 1. The van der Waals surface area contributed by atoms with Crippen LogP contribution in [0, 0.1) is 17.8 Å². The fourth-order valence-electron chi connectivity index (χ4n) is 5.78. The van der Waals surface area contributed by atoms with Crippen LogP contribution in [0.1, 0.15) is 62.5 Å². The zero-order valence-corrected chi connectivity index (χ0v) is 16.2. The van der Waals surface area contributed by atoms with Crippen molar-refractivity contribution in [3.05, 3.63) is 11.6 Å². The molecule has 0 aromatic carbocycles. The molecule has 1 aromatic rings. The summed E-state index contributed by atoms with van der Waals surface area (Å²) >= 11 is 0. The number of fused-ring (bicyclic) bond motifs is 3. The van der Waals surface area contributed by atoms with E-state index < -0.39 is 0 Å². The van der Waals surface area contributed by atoms with Gasteiger partial charge >= 0.3 is 0 Å². The normalized spacial score (nSPS) is 30.9. The first-order chi connectivity index (χ1) is 12.3. The first kappa shape index (κ1) is 18.2. The number of nitrogens with zero attached hydrogens (tertiary/aromatic N) is 4. The summed E-state index contributed by atoms with van der Waals surface area (Å²) < 4.78 is 2.30. The number of piperidine rings is 1. The maximum atomic E-state index is 12.7. The van der Waals surface area contributed by atoms with E-state index in [-0.39, 0.29) is 12.4 Å². The van der Waals surface area contributed by atoms with Gasteiger partial charge < -0.3 is 14.8 Å². The molecule has 3 heterocycles. The van der Waals surface area contributed by atoms with Gasteiger partial charge in [0.25, 0.3) is 0 Å². The Balaban J connectivity index is 0.00000168. The van der Waals surface area contributed by atoms with Gasteiger partial charge in [0.15, 0.2) is 0 Å². The summed E-state index contributed by atoms with van der Waals surface area (Å²) in [6.07, 6.45) is 8.37. The molecule has 144 valence electrons. The summed E-state index contributed by atoms with van der Waals surface area (Å²) in [7, 11) is 0. The highest BCUT2D eigenvalue weighted by molar-refractivity contribution is 5.85. The lowest BCUT2D eigenvalue weighted by Crippen LogP contribution is -2.40. The smallest absolute Gasteiger partial charge is 0.222 e. The van der Waals surface area contributed by atoms with Crippen LogP contribution in [0.5, 0.6) is 0 Å². The third kappa shape index (κ3) is 3.26. The molecule has 7 heteroatoms. The van der Waals surface area contributed by atoms with E-state index in [0.29, 0.717) is 17.7 Å². The fourth-order valence-corrected chi connectivity index (χ4v) is 5.78. The van der Waals surface area contributed by atoms with Gasteiger partial charge in [-0.25, -0.2) is 0 Å². The minimum Gasteiger partial charge on any atom is -0.343 e. The zero-order valence-electron chi connectivity index (χ0n) is 15.4. The van der Waals surface area contributed by atoms with E-state index >= 15 is 0 Å². The van der Waals surface area contributed by atoms with E-state index in [1.165, 1.54) is 25.7 Å². The first-order valence-corrected chi connectivity index (χ1v) is 10.2. The summed E-state index contributed by atoms with van der Waals surface area (Å²) in [4.78, 5) is 14.9.